The van der Waals surface area contributed by atoms with Crippen molar-refractivity contribution in [2.45, 2.75) is 61.3 Å². The lowest BCUT2D eigenvalue weighted by Crippen LogP contribution is -2.46. The van der Waals surface area contributed by atoms with Gasteiger partial charge in [0, 0.05) is 36.3 Å². The topological polar surface area (TPSA) is 130 Å². The highest BCUT2D eigenvalue weighted by molar-refractivity contribution is 7.92. The molecule has 1 aromatic heterocycles. The Kier molecular flexibility index (Phi) is 7.35. The Bertz CT molecular complexity index is 1250. The van der Waals surface area contributed by atoms with Crippen molar-refractivity contribution in [2.75, 3.05) is 25.0 Å². The minimum absolute atomic E-state index is 0.00152. The third-order valence-corrected chi connectivity index (χ3v) is 9.68. The standard InChI is InChI=1S/C24H29N5O5S2/c30-21-15-29(12-11-25-21)14-18-13-26-24(35-18)27-23(31)22(28-34-17-3-1-2-4-17)16-5-7-19(8-6-16)36(32,33)20-9-10-20/h5-8,13,17,20H,1-4,9-12,14-15H2,(H,25,30)(H,26,27,31)/b28-22+. The summed E-state index contributed by atoms with van der Waals surface area (Å²) in [6, 6.07) is 6.25. The second-order valence-electron chi connectivity index (χ2n) is 9.37. The number of anilines is 1. The van der Waals surface area contributed by atoms with Gasteiger partial charge in [-0.25, -0.2) is 13.4 Å². The first kappa shape index (κ1) is 24.8. The number of rotatable bonds is 9. The molecule has 1 aliphatic heterocycles. The molecule has 0 spiro atoms. The maximum atomic E-state index is 13.2. The Hall–Kier alpha value is -2.83. The summed E-state index contributed by atoms with van der Waals surface area (Å²) in [6.07, 6.45) is 6.95. The van der Waals surface area contributed by atoms with Gasteiger partial charge in [-0.15, -0.1) is 11.3 Å². The Labute approximate surface area is 214 Å². The van der Waals surface area contributed by atoms with Gasteiger partial charge in [-0.2, -0.15) is 0 Å². The molecule has 0 unspecified atom stereocenters. The fraction of sp³-hybridized carbons (Fsp3) is 0.500. The average molecular weight is 532 g/mol. The average Bonchev–Trinajstić information content (AvgIpc) is 3.44. The monoisotopic (exact) mass is 531 g/mol. The first-order valence-corrected chi connectivity index (χ1v) is 14.6. The molecule has 1 saturated heterocycles. The highest BCUT2D eigenvalue weighted by Crippen LogP contribution is 2.33. The summed E-state index contributed by atoms with van der Waals surface area (Å²) < 4.78 is 25.1. The Balaban J connectivity index is 1.30. The summed E-state index contributed by atoms with van der Waals surface area (Å²) in [6.45, 7) is 2.28. The van der Waals surface area contributed by atoms with Crippen LogP contribution in [0, 0.1) is 0 Å². The van der Waals surface area contributed by atoms with Gasteiger partial charge in [0.05, 0.1) is 16.7 Å². The van der Waals surface area contributed by atoms with Crippen LogP contribution in [0.4, 0.5) is 5.13 Å². The number of piperazine rings is 1. The normalized spacial score (nSPS) is 19.8. The van der Waals surface area contributed by atoms with E-state index in [0.29, 0.717) is 43.2 Å². The van der Waals surface area contributed by atoms with Crippen LogP contribution in [0.2, 0.25) is 0 Å². The molecule has 2 saturated carbocycles. The van der Waals surface area contributed by atoms with E-state index < -0.39 is 15.7 Å². The van der Waals surface area contributed by atoms with Gasteiger partial charge < -0.3 is 10.2 Å². The van der Waals surface area contributed by atoms with Crippen molar-refractivity contribution in [3.05, 3.63) is 40.9 Å². The van der Waals surface area contributed by atoms with E-state index in [-0.39, 0.29) is 27.9 Å². The largest absolute Gasteiger partial charge is 0.392 e. The predicted octanol–water partition coefficient (Wildman–Crippen LogP) is 2.31. The highest BCUT2D eigenvalue weighted by Gasteiger charge is 2.36. The number of amides is 2. The molecule has 3 aliphatic rings. The van der Waals surface area contributed by atoms with E-state index in [2.05, 4.69) is 20.8 Å². The molecule has 5 rings (SSSR count). The molecular weight excluding hydrogens is 502 g/mol. The van der Waals surface area contributed by atoms with Crippen LogP contribution in [0.5, 0.6) is 0 Å². The number of benzene rings is 1. The molecule has 0 atom stereocenters. The summed E-state index contributed by atoms with van der Waals surface area (Å²) in [4.78, 5) is 38.0. The molecule has 192 valence electrons. The van der Waals surface area contributed by atoms with E-state index in [1.807, 2.05) is 4.90 Å². The van der Waals surface area contributed by atoms with Gasteiger partial charge in [0.1, 0.15) is 6.10 Å². The van der Waals surface area contributed by atoms with Crippen molar-refractivity contribution in [1.82, 2.24) is 15.2 Å². The summed E-state index contributed by atoms with van der Waals surface area (Å²) in [5.41, 5.74) is 0.540. The number of aromatic nitrogens is 1. The van der Waals surface area contributed by atoms with E-state index >= 15 is 0 Å². The zero-order chi connectivity index (χ0) is 25.1. The van der Waals surface area contributed by atoms with E-state index in [1.54, 1.807) is 18.3 Å². The fourth-order valence-corrected chi connectivity index (χ4v) is 6.87. The van der Waals surface area contributed by atoms with Crippen LogP contribution in [-0.2, 0) is 30.8 Å². The molecule has 12 heteroatoms. The van der Waals surface area contributed by atoms with Crippen LogP contribution in [-0.4, -0.2) is 66.8 Å². The van der Waals surface area contributed by atoms with E-state index in [0.717, 1.165) is 37.1 Å². The minimum atomic E-state index is -3.32. The first-order chi connectivity index (χ1) is 17.4. The van der Waals surface area contributed by atoms with Crippen LogP contribution in [0.3, 0.4) is 0 Å². The van der Waals surface area contributed by atoms with Crippen LogP contribution in [0.25, 0.3) is 0 Å². The smallest absolute Gasteiger partial charge is 0.280 e. The fourth-order valence-electron chi connectivity index (χ4n) is 4.36. The van der Waals surface area contributed by atoms with Gasteiger partial charge in [-0.1, -0.05) is 17.3 Å². The lowest BCUT2D eigenvalue weighted by atomic mass is 10.1. The van der Waals surface area contributed by atoms with Crippen LogP contribution >= 0.6 is 11.3 Å². The number of thiazole rings is 1. The molecule has 2 N–H and O–H groups in total. The van der Waals surface area contributed by atoms with Crippen molar-refractivity contribution >= 4 is 43.8 Å². The second kappa shape index (κ2) is 10.7. The van der Waals surface area contributed by atoms with Crippen molar-refractivity contribution < 1.29 is 22.8 Å². The number of nitrogens with zero attached hydrogens (tertiary/aromatic N) is 3. The summed E-state index contributed by atoms with van der Waals surface area (Å²) >= 11 is 1.34. The van der Waals surface area contributed by atoms with Gasteiger partial charge in [0.2, 0.25) is 5.91 Å². The number of oxime groups is 1. The van der Waals surface area contributed by atoms with Gasteiger partial charge in [-0.3, -0.25) is 19.8 Å². The summed E-state index contributed by atoms with van der Waals surface area (Å²) in [5, 5.41) is 9.91. The van der Waals surface area contributed by atoms with Crippen LogP contribution < -0.4 is 10.6 Å². The molecule has 10 nitrogen and oxygen atoms in total. The van der Waals surface area contributed by atoms with Gasteiger partial charge in [0.25, 0.3) is 5.91 Å². The lowest BCUT2D eigenvalue weighted by molar-refractivity contribution is -0.124. The third kappa shape index (κ3) is 5.93. The molecule has 0 radical (unpaired) electrons. The number of sulfone groups is 1. The highest BCUT2D eigenvalue weighted by atomic mass is 32.2. The van der Waals surface area contributed by atoms with Gasteiger partial charge in [-0.05, 0) is 50.7 Å². The third-order valence-electron chi connectivity index (χ3n) is 6.50. The lowest BCUT2D eigenvalue weighted by Gasteiger charge is -2.25. The van der Waals surface area contributed by atoms with Gasteiger partial charge in [0.15, 0.2) is 20.7 Å². The first-order valence-electron chi connectivity index (χ1n) is 12.2. The summed E-state index contributed by atoms with van der Waals surface area (Å²) in [7, 11) is -3.32. The zero-order valence-electron chi connectivity index (χ0n) is 19.8. The molecule has 2 heterocycles. The van der Waals surface area contributed by atoms with Crippen molar-refractivity contribution in [3.8, 4) is 0 Å². The van der Waals surface area contributed by atoms with Crippen molar-refractivity contribution in [2.24, 2.45) is 5.16 Å². The van der Waals surface area contributed by atoms with Crippen LogP contribution in [0.1, 0.15) is 49.0 Å². The molecular formula is C24H29N5O5S2. The van der Waals surface area contributed by atoms with Crippen molar-refractivity contribution in [1.29, 1.82) is 0 Å². The minimum Gasteiger partial charge on any atom is -0.392 e. The Morgan fingerprint density at radius 1 is 1.19 bits per heavy atom. The molecule has 0 bridgehead atoms. The number of hydrogen-bond acceptors (Lipinski definition) is 9. The molecule has 2 aliphatic carbocycles. The maximum absolute atomic E-state index is 13.2. The predicted molar refractivity (Wildman–Crippen MR) is 136 cm³/mol. The van der Waals surface area contributed by atoms with Gasteiger partial charge >= 0.3 is 0 Å². The van der Waals surface area contributed by atoms with Crippen molar-refractivity contribution in [3.63, 3.8) is 0 Å². The molecule has 1 aromatic carbocycles. The zero-order valence-corrected chi connectivity index (χ0v) is 21.4. The number of hydrogen-bond donors (Lipinski definition) is 2. The molecule has 2 aromatic rings. The molecule has 3 fully saturated rings. The number of carbonyl (C=O) groups excluding carboxylic acids is 2. The maximum Gasteiger partial charge on any atom is 0.280 e. The second-order valence-corrected chi connectivity index (χ2v) is 12.7. The van der Waals surface area contributed by atoms with Crippen LogP contribution in [0.15, 0.2) is 40.5 Å². The quantitative estimate of drug-likeness (QED) is 0.375. The summed E-state index contributed by atoms with van der Waals surface area (Å²) in [5.74, 6) is -0.484. The SMILES string of the molecule is O=C1CN(Cc2cnc(NC(=O)/C(=N/OC3CCCC3)c3ccc(S(=O)(=O)C4CC4)cc3)s2)CCN1. The number of carbonyl (C=O) groups is 2. The molecule has 36 heavy (non-hydrogen) atoms. The Morgan fingerprint density at radius 3 is 2.64 bits per heavy atom. The van der Waals surface area contributed by atoms with E-state index in [1.165, 1.54) is 23.5 Å². The Morgan fingerprint density at radius 2 is 1.94 bits per heavy atom. The van der Waals surface area contributed by atoms with E-state index in [4.69, 9.17) is 4.84 Å². The molecule has 2 amide bonds. The number of nitrogens with one attached hydrogen (secondary N) is 2. The van der Waals surface area contributed by atoms with E-state index in [9.17, 15) is 18.0 Å².